The van der Waals surface area contributed by atoms with E-state index in [-0.39, 0.29) is 6.61 Å². The summed E-state index contributed by atoms with van der Waals surface area (Å²) in [6.45, 7) is 0.419. The zero-order chi connectivity index (χ0) is 18.1. The lowest BCUT2D eigenvalue weighted by Crippen LogP contribution is -2.33. The predicted molar refractivity (Wildman–Crippen MR) is 107 cm³/mol. The molecule has 0 unspecified atom stereocenters. The summed E-state index contributed by atoms with van der Waals surface area (Å²) in [5.41, 5.74) is 2.57. The van der Waals surface area contributed by atoms with E-state index in [0.29, 0.717) is 6.61 Å². The van der Waals surface area contributed by atoms with Gasteiger partial charge in [-0.2, -0.15) is 0 Å². The quantitative estimate of drug-likeness (QED) is 0.721. The molecule has 1 aliphatic rings. The van der Waals surface area contributed by atoms with Crippen LogP contribution in [0.3, 0.4) is 0 Å². The molecule has 26 heavy (non-hydrogen) atoms. The number of hydrogen-bond donors (Lipinski definition) is 1. The second-order valence-electron chi connectivity index (χ2n) is 6.06. The average Bonchev–Trinajstić information content (AvgIpc) is 3.00. The van der Waals surface area contributed by atoms with Gasteiger partial charge in [0.2, 0.25) is 0 Å². The van der Waals surface area contributed by atoms with E-state index >= 15 is 0 Å². The normalized spacial score (nSPS) is 14.4. The Balaban J connectivity index is 2.16. The molecule has 0 heterocycles. The summed E-state index contributed by atoms with van der Waals surface area (Å²) in [6, 6.07) is 20.6. The molecule has 0 radical (unpaired) electrons. The van der Waals surface area contributed by atoms with Crippen LogP contribution >= 0.6 is 0 Å². The molecule has 2 aromatic rings. The third-order valence-electron chi connectivity index (χ3n) is 4.43. The van der Waals surface area contributed by atoms with Crippen molar-refractivity contribution in [3.8, 4) is 0 Å². The summed E-state index contributed by atoms with van der Waals surface area (Å²) in [5, 5.41) is 9.04. The summed E-state index contributed by atoms with van der Waals surface area (Å²) < 4.78 is 6.55. The highest BCUT2D eigenvalue weighted by Crippen LogP contribution is 2.41. The van der Waals surface area contributed by atoms with E-state index in [1.165, 1.54) is 0 Å². The molecule has 1 N–H and O–H groups in total. The van der Waals surface area contributed by atoms with Crippen molar-refractivity contribution in [2.75, 3.05) is 13.2 Å². The maximum absolute atomic E-state index is 9.04. The van der Waals surface area contributed by atoms with Gasteiger partial charge in [0.1, 0.15) is 5.60 Å². The minimum absolute atomic E-state index is 0.0134. The van der Waals surface area contributed by atoms with Gasteiger partial charge < -0.3 is 9.84 Å². The van der Waals surface area contributed by atoms with Crippen molar-refractivity contribution in [3.63, 3.8) is 0 Å². The molecule has 2 nitrogen and oxygen atoms in total. The van der Waals surface area contributed by atoms with Crippen molar-refractivity contribution in [1.29, 1.82) is 0 Å². The molecular formula is C24H24O2. The first kappa shape index (κ1) is 18.1. The Labute approximate surface area is 155 Å². The number of allylic oxidation sites excluding steroid dienone is 4. The summed E-state index contributed by atoms with van der Waals surface area (Å²) in [4.78, 5) is 0. The molecule has 0 amide bonds. The van der Waals surface area contributed by atoms with Crippen LogP contribution in [0.25, 0.3) is 0 Å². The molecular weight excluding hydrogens is 320 g/mol. The number of aliphatic hydroxyl groups is 1. The fourth-order valence-corrected chi connectivity index (χ4v) is 3.25. The van der Waals surface area contributed by atoms with Crippen molar-refractivity contribution >= 4 is 0 Å². The summed E-state index contributed by atoms with van der Waals surface area (Å²) >= 11 is 0. The number of benzene rings is 2. The van der Waals surface area contributed by atoms with Gasteiger partial charge in [-0.15, -0.1) is 0 Å². The van der Waals surface area contributed by atoms with Crippen LogP contribution in [0, 0.1) is 0 Å². The molecule has 0 saturated carbocycles. The minimum Gasteiger partial charge on any atom is -0.392 e. The first-order valence-corrected chi connectivity index (χ1v) is 8.92. The Hall–Kier alpha value is -2.68. The molecule has 0 spiro atoms. The highest BCUT2D eigenvalue weighted by Gasteiger charge is 2.38. The molecule has 2 heteroatoms. The second kappa shape index (κ2) is 9.14. The minimum atomic E-state index is -0.704. The van der Waals surface area contributed by atoms with E-state index in [2.05, 4.69) is 54.6 Å². The van der Waals surface area contributed by atoms with Crippen LogP contribution in [0.1, 0.15) is 17.5 Å². The first-order chi connectivity index (χ1) is 12.9. The largest absolute Gasteiger partial charge is 0.392 e. The van der Waals surface area contributed by atoms with Gasteiger partial charge in [0, 0.05) is 0 Å². The van der Waals surface area contributed by atoms with Crippen LogP contribution in [0.5, 0.6) is 0 Å². The van der Waals surface area contributed by atoms with Crippen LogP contribution in [0.2, 0.25) is 0 Å². The molecule has 0 aromatic heterocycles. The van der Waals surface area contributed by atoms with E-state index in [1.807, 2.05) is 42.5 Å². The molecule has 2 aromatic carbocycles. The fraction of sp³-hybridized carbons (Fsp3) is 0.167. The summed E-state index contributed by atoms with van der Waals surface area (Å²) in [6.07, 6.45) is 15.0. The van der Waals surface area contributed by atoms with Gasteiger partial charge in [-0.25, -0.2) is 0 Å². The molecule has 3 rings (SSSR count). The maximum Gasteiger partial charge on any atom is 0.143 e. The SMILES string of the molecule is OC/C=C\COC(C1=CCC=CC=C1)(c1ccccc1)c1ccccc1. The van der Waals surface area contributed by atoms with E-state index in [9.17, 15) is 0 Å². The van der Waals surface area contributed by atoms with Gasteiger partial charge in [-0.1, -0.05) is 103 Å². The van der Waals surface area contributed by atoms with E-state index in [0.717, 1.165) is 23.1 Å². The van der Waals surface area contributed by atoms with Gasteiger partial charge in [-0.3, -0.25) is 0 Å². The number of aliphatic hydroxyl groups excluding tert-OH is 1. The Kier molecular flexibility index (Phi) is 6.37. The molecule has 0 fully saturated rings. The van der Waals surface area contributed by atoms with Crippen LogP contribution < -0.4 is 0 Å². The Bertz CT molecular complexity index is 759. The van der Waals surface area contributed by atoms with Gasteiger partial charge in [-0.05, 0) is 23.1 Å². The van der Waals surface area contributed by atoms with Crippen molar-refractivity contribution in [1.82, 2.24) is 0 Å². The van der Waals surface area contributed by atoms with Gasteiger partial charge >= 0.3 is 0 Å². The maximum atomic E-state index is 9.04. The van der Waals surface area contributed by atoms with Gasteiger partial charge in [0.05, 0.1) is 13.2 Å². The lowest BCUT2D eigenvalue weighted by atomic mass is 9.79. The van der Waals surface area contributed by atoms with Gasteiger partial charge in [0.15, 0.2) is 0 Å². The molecule has 1 aliphatic carbocycles. The van der Waals surface area contributed by atoms with Crippen molar-refractivity contribution in [3.05, 3.63) is 120 Å². The Morgan fingerprint density at radius 3 is 2.15 bits per heavy atom. The zero-order valence-electron chi connectivity index (χ0n) is 14.8. The van der Waals surface area contributed by atoms with Crippen LogP contribution in [0.4, 0.5) is 0 Å². The topological polar surface area (TPSA) is 29.5 Å². The van der Waals surface area contributed by atoms with Crippen LogP contribution in [-0.2, 0) is 10.3 Å². The highest BCUT2D eigenvalue weighted by molar-refractivity contribution is 5.50. The molecule has 132 valence electrons. The summed E-state index contributed by atoms with van der Waals surface area (Å²) in [7, 11) is 0. The van der Waals surface area contributed by atoms with Crippen molar-refractivity contribution in [2.24, 2.45) is 0 Å². The van der Waals surface area contributed by atoms with E-state index in [4.69, 9.17) is 9.84 Å². The fourth-order valence-electron chi connectivity index (χ4n) is 3.25. The highest BCUT2D eigenvalue weighted by atomic mass is 16.5. The molecule has 0 bridgehead atoms. The number of ether oxygens (including phenoxy) is 1. The lowest BCUT2D eigenvalue weighted by molar-refractivity contribution is 0.0310. The van der Waals surface area contributed by atoms with Crippen LogP contribution in [0.15, 0.2) is 109 Å². The molecule has 0 aliphatic heterocycles. The average molecular weight is 344 g/mol. The van der Waals surface area contributed by atoms with Crippen LogP contribution in [-0.4, -0.2) is 18.3 Å². The van der Waals surface area contributed by atoms with Gasteiger partial charge in [0.25, 0.3) is 0 Å². The van der Waals surface area contributed by atoms with Crippen molar-refractivity contribution in [2.45, 2.75) is 12.0 Å². The molecule has 0 saturated heterocycles. The monoisotopic (exact) mass is 344 g/mol. The lowest BCUT2D eigenvalue weighted by Gasteiger charge is -2.36. The number of hydrogen-bond acceptors (Lipinski definition) is 2. The predicted octanol–water partition coefficient (Wildman–Crippen LogP) is 4.94. The first-order valence-electron chi connectivity index (χ1n) is 8.92. The smallest absolute Gasteiger partial charge is 0.143 e. The van der Waals surface area contributed by atoms with E-state index in [1.54, 1.807) is 6.08 Å². The number of rotatable bonds is 7. The molecule has 0 atom stereocenters. The van der Waals surface area contributed by atoms with Crippen molar-refractivity contribution < 1.29 is 9.84 Å². The third-order valence-corrected chi connectivity index (χ3v) is 4.43. The summed E-state index contributed by atoms with van der Waals surface area (Å²) in [5.74, 6) is 0. The second-order valence-corrected chi connectivity index (χ2v) is 6.06. The Morgan fingerprint density at radius 2 is 1.54 bits per heavy atom. The third kappa shape index (κ3) is 3.93. The Morgan fingerprint density at radius 1 is 0.885 bits per heavy atom. The van der Waals surface area contributed by atoms with E-state index < -0.39 is 5.60 Å². The standard InChI is InChI=1S/C24H24O2/c25-19-11-12-20-26-24(22-15-7-3-8-16-22,23-17-9-4-10-18-23)21-13-5-1-2-6-14-21/h1-5,7-18,25H,6,19-20H2/b12-11-. The zero-order valence-corrected chi connectivity index (χ0v) is 14.8.